The minimum absolute atomic E-state index is 0.0682. The first-order valence-corrected chi connectivity index (χ1v) is 10.1. The summed E-state index contributed by atoms with van der Waals surface area (Å²) in [5, 5.41) is 0.956. The Morgan fingerprint density at radius 1 is 0.931 bits per heavy atom. The molecule has 1 unspecified atom stereocenters. The van der Waals surface area contributed by atoms with Gasteiger partial charge in [0.25, 0.3) is 5.91 Å². The molecule has 1 aromatic heterocycles. The van der Waals surface area contributed by atoms with Gasteiger partial charge in [0.2, 0.25) is 5.76 Å². The fourth-order valence-electron chi connectivity index (χ4n) is 3.79. The molecular weight excluding hydrogens is 454 g/mol. The summed E-state index contributed by atoms with van der Waals surface area (Å²) in [4.78, 5) is 28.4. The van der Waals surface area contributed by atoms with E-state index in [1.54, 1.807) is 35.2 Å². The second kappa shape index (κ2) is 6.87. The van der Waals surface area contributed by atoms with Gasteiger partial charge in [-0.3, -0.25) is 14.5 Å². The Hall–Kier alpha value is -2.89. The number of halogens is 2. The molecule has 4 nitrogen and oxygen atoms in total. The third-order valence-corrected chi connectivity index (χ3v) is 5.76. The van der Waals surface area contributed by atoms with Gasteiger partial charge in [-0.25, -0.2) is 0 Å². The largest absolute Gasteiger partial charge is 0.450 e. The van der Waals surface area contributed by atoms with Gasteiger partial charge < -0.3 is 4.42 Å². The van der Waals surface area contributed by atoms with Crippen molar-refractivity contribution in [1.29, 1.82) is 0 Å². The van der Waals surface area contributed by atoms with Gasteiger partial charge in [0.15, 0.2) is 5.43 Å². The lowest BCUT2D eigenvalue weighted by molar-refractivity contribution is 0.0971. The summed E-state index contributed by atoms with van der Waals surface area (Å²) in [6.07, 6.45) is 0. The van der Waals surface area contributed by atoms with Gasteiger partial charge in [-0.05, 0) is 48.0 Å². The molecular formula is C23H13BrClNO3. The van der Waals surface area contributed by atoms with Gasteiger partial charge in [-0.2, -0.15) is 0 Å². The van der Waals surface area contributed by atoms with Crippen LogP contribution < -0.4 is 10.3 Å². The van der Waals surface area contributed by atoms with Crippen LogP contribution in [0.1, 0.15) is 27.7 Å². The van der Waals surface area contributed by atoms with Crippen LogP contribution in [0.5, 0.6) is 0 Å². The quantitative estimate of drug-likeness (QED) is 0.366. The highest BCUT2D eigenvalue weighted by atomic mass is 79.9. The molecule has 1 aliphatic rings. The molecule has 6 heteroatoms. The smallest absolute Gasteiger partial charge is 0.295 e. The van der Waals surface area contributed by atoms with Crippen molar-refractivity contribution in [2.45, 2.75) is 6.04 Å². The zero-order valence-electron chi connectivity index (χ0n) is 14.9. The summed E-state index contributed by atoms with van der Waals surface area (Å²) in [5.74, 6) is -0.281. The lowest BCUT2D eigenvalue weighted by atomic mass is 9.98. The fourth-order valence-corrected chi connectivity index (χ4v) is 4.35. The third kappa shape index (κ3) is 2.89. The summed E-state index contributed by atoms with van der Waals surface area (Å²) in [6.45, 7) is 0. The Balaban J connectivity index is 1.84. The van der Waals surface area contributed by atoms with E-state index in [1.165, 1.54) is 0 Å². The van der Waals surface area contributed by atoms with E-state index >= 15 is 0 Å². The Labute approximate surface area is 179 Å². The maximum atomic E-state index is 13.5. The summed E-state index contributed by atoms with van der Waals surface area (Å²) in [6, 6.07) is 21.0. The topological polar surface area (TPSA) is 50.5 Å². The lowest BCUT2D eigenvalue weighted by Gasteiger charge is -2.25. The fraction of sp³-hybridized carbons (Fsp3) is 0.0435. The minimum atomic E-state index is -0.627. The van der Waals surface area contributed by atoms with Crippen molar-refractivity contribution in [3.8, 4) is 0 Å². The molecule has 1 amide bonds. The number of amides is 1. The Morgan fingerprint density at radius 2 is 1.72 bits per heavy atom. The zero-order chi connectivity index (χ0) is 20.1. The predicted octanol–water partition coefficient (Wildman–Crippen LogP) is 5.96. The number of anilines is 1. The first-order chi connectivity index (χ1) is 14.0. The second-order valence-electron chi connectivity index (χ2n) is 6.78. The Bertz CT molecular complexity index is 1330. The Kier molecular flexibility index (Phi) is 4.30. The number of hydrogen-bond acceptors (Lipinski definition) is 3. The SMILES string of the molecule is O=C1c2oc3ccc(Br)cc3c(=O)c2C(c2cccc(Cl)c2)N1c1ccccc1. The van der Waals surface area contributed by atoms with Gasteiger partial charge in [-0.15, -0.1) is 0 Å². The summed E-state index contributed by atoms with van der Waals surface area (Å²) < 4.78 is 6.71. The molecule has 5 rings (SSSR count). The highest BCUT2D eigenvalue weighted by molar-refractivity contribution is 9.10. The molecule has 2 heterocycles. The molecule has 4 aromatic rings. The van der Waals surface area contributed by atoms with Crippen LogP contribution in [0.25, 0.3) is 11.0 Å². The van der Waals surface area contributed by atoms with Crippen molar-refractivity contribution in [3.63, 3.8) is 0 Å². The van der Waals surface area contributed by atoms with Gasteiger partial charge >= 0.3 is 0 Å². The highest BCUT2D eigenvalue weighted by Crippen LogP contribution is 2.41. The molecule has 3 aromatic carbocycles. The van der Waals surface area contributed by atoms with E-state index in [0.717, 1.165) is 10.0 Å². The van der Waals surface area contributed by atoms with Gasteiger partial charge in [0, 0.05) is 15.2 Å². The van der Waals surface area contributed by atoms with Crippen molar-refractivity contribution in [2.24, 2.45) is 0 Å². The Morgan fingerprint density at radius 3 is 2.48 bits per heavy atom. The maximum absolute atomic E-state index is 13.5. The maximum Gasteiger partial charge on any atom is 0.295 e. The highest BCUT2D eigenvalue weighted by Gasteiger charge is 2.43. The van der Waals surface area contributed by atoms with Crippen LogP contribution in [0, 0.1) is 0 Å². The first-order valence-electron chi connectivity index (χ1n) is 8.95. The van der Waals surface area contributed by atoms with Gasteiger partial charge in [0.05, 0.1) is 17.0 Å². The number of benzene rings is 3. The number of hydrogen-bond donors (Lipinski definition) is 0. The zero-order valence-corrected chi connectivity index (χ0v) is 17.3. The monoisotopic (exact) mass is 465 g/mol. The van der Waals surface area contributed by atoms with Crippen molar-refractivity contribution in [2.75, 3.05) is 4.90 Å². The molecule has 29 heavy (non-hydrogen) atoms. The summed E-state index contributed by atoms with van der Waals surface area (Å²) in [7, 11) is 0. The van der Waals surface area contributed by atoms with Crippen LogP contribution in [0.2, 0.25) is 5.02 Å². The lowest BCUT2D eigenvalue weighted by Crippen LogP contribution is -2.29. The van der Waals surface area contributed by atoms with Crippen LogP contribution >= 0.6 is 27.5 Å². The van der Waals surface area contributed by atoms with Crippen molar-refractivity contribution in [1.82, 2.24) is 0 Å². The standard InChI is InChI=1S/C23H13BrClNO3/c24-14-9-10-18-17(12-14)21(27)19-20(13-5-4-6-15(25)11-13)26(23(28)22(19)29-18)16-7-2-1-3-8-16/h1-12,20H. The molecule has 1 atom stereocenters. The van der Waals surface area contributed by atoms with Gasteiger partial charge in [0.1, 0.15) is 5.58 Å². The van der Waals surface area contributed by atoms with Crippen molar-refractivity contribution < 1.29 is 9.21 Å². The number of para-hydroxylation sites is 1. The first kappa shape index (κ1) is 18.2. The number of nitrogens with zero attached hydrogens (tertiary/aromatic N) is 1. The van der Waals surface area contributed by atoms with E-state index < -0.39 is 6.04 Å². The summed E-state index contributed by atoms with van der Waals surface area (Å²) >= 11 is 9.63. The molecule has 0 aliphatic carbocycles. The van der Waals surface area contributed by atoms with E-state index in [-0.39, 0.29) is 17.1 Å². The van der Waals surface area contributed by atoms with E-state index in [9.17, 15) is 9.59 Å². The molecule has 0 N–H and O–H groups in total. The molecule has 0 spiro atoms. The number of carbonyl (C=O) groups is 1. The normalized spacial score (nSPS) is 15.7. The minimum Gasteiger partial charge on any atom is -0.450 e. The van der Waals surface area contributed by atoms with Crippen LogP contribution in [0.4, 0.5) is 5.69 Å². The number of fused-ring (bicyclic) bond motifs is 2. The molecule has 0 saturated carbocycles. The van der Waals surface area contributed by atoms with Crippen molar-refractivity contribution >= 4 is 50.1 Å². The van der Waals surface area contributed by atoms with Crippen LogP contribution in [-0.4, -0.2) is 5.91 Å². The van der Waals surface area contributed by atoms with Crippen LogP contribution in [0.15, 0.2) is 86.5 Å². The summed E-state index contributed by atoms with van der Waals surface area (Å²) in [5.41, 5.74) is 1.91. The van der Waals surface area contributed by atoms with E-state index in [1.807, 2.05) is 42.5 Å². The van der Waals surface area contributed by atoms with Crippen molar-refractivity contribution in [3.05, 3.63) is 109 Å². The molecule has 1 aliphatic heterocycles. The predicted molar refractivity (Wildman–Crippen MR) is 117 cm³/mol. The van der Waals surface area contributed by atoms with E-state index in [0.29, 0.717) is 27.2 Å². The number of rotatable bonds is 2. The average molecular weight is 467 g/mol. The van der Waals surface area contributed by atoms with Crippen LogP contribution in [-0.2, 0) is 0 Å². The van der Waals surface area contributed by atoms with Crippen LogP contribution in [0.3, 0.4) is 0 Å². The van der Waals surface area contributed by atoms with E-state index in [4.69, 9.17) is 16.0 Å². The molecule has 0 radical (unpaired) electrons. The second-order valence-corrected chi connectivity index (χ2v) is 8.13. The molecule has 0 saturated heterocycles. The molecule has 0 bridgehead atoms. The third-order valence-electron chi connectivity index (χ3n) is 5.03. The number of carbonyl (C=O) groups excluding carboxylic acids is 1. The molecule has 142 valence electrons. The average Bonchev–Trinajstić information content (AvgIpc) is 3.02. The van der Waals surface area contributed by atoms with Gasteiger partial charge in [-0.1, -0.05) is 57.9 Å². The van der Waals surface area contributed by atoms with E-state index in [2.05, 4.69) is 15.9 Å². The molecule has 0 fully saturated rings.